The maximum absolute atomic E-state index is 5.57. The number of nitrogens with two attached hydrogens (primary N) is 1. The predicted molar refractivity (Wildman–Crippen MR) is 69.7 cm³/mol. The van der Waals surface area contributed by atoms with Gasteiger partial charge in [-0.1, -0.05) is 6.07 Å². The summed E-state index contributed by atoms with van der Waals surface area (Å²) in [6.07, 6.45) is 0.836. The average molecular weight is 254 g/mol. The Bertz CT molecular complexity index is 345. The highest BCUT2D eigenvalue weighted by Gasteiger charge is 2.01. The summed E-state index contributed by atoms with van der Waals surface area (Å²) >= 11 is 0. The molecule has 0 fully saturated rings. The predicted octanol–water partition coefficient (Wildman–Crippen LogP) is 1.28. The fraction of sp³-hybridized carbons (Fsp3) is 0.615. The number of ether oxygens (including phenoxy) is 3. The first-order chi connectivity index (χ1) is 8.77. The first-order valence-electron chi connectivity index (χ1n) is 6.14. The molecule has 0 atom stereocenters. The highest BCUT2D eigenvalue weighted by molar-refractivity contribution is 5.24. The summed E-state index contributed by atoms with van der Waals surface area (Å²) in [5.41, 5.74) is 7.54. The summed E-state index contributed by atoms with van der Waals surface area (Å²) in [7, 11) is 1.66. The number of hydrogen-bond donors (Lipinski definition) is 1. The van der Waals surface area contributed by atoms with Crippen LogP contribution in [0, 0.1) is 6.92 Å². The summed E-state index contributed by atoms with van der Waals surface area (Å²) in [6.45, 7) is 4.96. The van der Waals surface area contributed by atoms with Crippen LogP contribution in [0.5, 0.6) is 5.88 Å². The van der Waals surface area contributed by atoms with Crippen molar-refractivity contribution < 1.29 is 14.2 Å². The maximum Gasteiger partial charge on any atom is 0.213 e. The molecule has 0 aliphatic heterocycles. The van der Waals surface area contributed by atoms with Crippen LogP contribution in [0.25, 0.3) is 0 Å². The number of aryl methyl sites for hydroxylation is 1. The van der Waals surface area contributed by atoms with Crippen LogP contribution < -0.4 is 10.5 Å². The lowest BCUT2D eigenvalue weighted by molar-refractivity contribution is 0.0642. The van der Waals surface area contributed by atoms with E-state index in [2.05, 4.69) is 4.98 Å². The zero-order chi connectivity index (χ0) is 13.2. The molecule has 5 heteroatoms. The van der Waals surface area contributed by atoms with Gasteiger partial charge < -0.3 is 19.9 Å². The van der Waals surface area contributed by atoms with Crippen molar-refractivity contribution in [3.05, 3.63) is 23.4 Å². The maximum atomic E-state index is 5.57. The molecule has 5 nitrogen and oxygen atoms in total. The van der Waals surface area contributed by atoms with E-state index in [-0.39, 0.29) is 0 Å². The zero-order valence-electron chi connectivity index (χ0n) is 11.1. The van der Waals surface area contributed by atoms with Gasteiger partial charge >= 0.3 is 0 Å². The lowest BCUT2D eigenvalue weighted by atomic mass is 10.2. The minimum atomic E-state index is 0.506. The van der Waals surface area contributed by atoms with Gasteiger partial charge in [-0.25, -0.2) is 4.98 Å². The molecule has 2 N–H and O–H groups in total. The second-order valence-electron chi connectivity index (χ2n) is 3.91. The third-order valence-electron chi connectivity index (χ3n) is 2.50. The van der Waals surface area contributed by atoms with Gasteiger partial charge in [0.1, 0.15) is 0 Å². The van der Waals surface area contributed by atoms with Crippen LogP contribution in [0.4, 0.5) is 0 Å². The first kappa shape index (κ1) is 14.9. The molecule has 0 unspecified atom stereocenters. The zero-order valence-corrected chi connectivity index (χ0v) is 11.1. The van der Waals surface area contributed by atoms with Gasteiger partial charge in [0, 0.05) is 38.4 Å². The molecule has 0 spiro atoms. The van der Waals surface area contributed by atoms with Crippen LogP contribution in [-0.4, -0.2) is 38.5 Å². The quantitative estimate of drug-likeness (QED) is 0.672. The van der Waals surface area contributed by atoms with Crippen LogP contribution in [0.2, 0.25) is 0 Å². The van der Waals surface area contributed by atoms with Crippen molar-refractivity contribution in [2.45, 2.75) is 19.9 Å². The molecule has 102 valence electrons. The largest absolute Gasteiger partial charge is 0.478 e. The van der Waals surface area contributed by atoms with E-state index in [0.29, 0.717) is 38.9 Å². The number of hydrogen-bond acceptors (Lipinski definition) is 5. The van der Waals surface area contributed by atoms with Gasteiger partial charge in [-0.2, -0.15) is 0 Å². The molecule has 0 aromatic carbocycles. The van der Waals surface area contributed by atoms with E-state index in [1.807, 2.05) is 19.1 Å². The summed E-state index contributed by atoms with van der Waals surface area (Å²) in [6, 6.07) is 3.80. The van der Waals surface area contributed by atoms with E-state index in [1.165, 1.54) is 0 Å². The van der Waals surface area contributed by atoms with E-state index in [0.717, 1.165) is 17.7 Å². The van der Waals surface area contributed by atoms with Gasteiger partial charge in [0.2, 0.25) is 5.88 Å². The summed E-state index contributed by atoms with van der Waals surface area (Å²) in [5, 5.41) is 0. The molecular formula is C13H22N2O3. The van der Waals surface area contributed by atoms with Gasteiger partial charge in [-0.3, -0.25) is 0 Å². The second-order valence-corrected chi connectivity index (χ2v) is 3.91. The Labute approximate surface area is 108 Å². The Hall–Kier alpha value is -1.17. The lowest BCUT2D eigenvalue weighted by Gasteiger charge is -2.08. The standard InChI is InChI=1S/C13H22N2O3/c1-11-12(10-14)4-5-13(15-11)18-7-3-6-17-9-8-16-2/h4-5H,3,6-10,14H2,1-2H3. The van der Waals surface area contributed by atoms with E-state index >= 15 is 0 Å². The molecule has 0 aliphatic rings. The minimum absolute atomic E-state index is 0.506. The first-order valence-corrected chi connectivity index (χ1v) is 6.14. The van der Waals surface area contributed by atoms with Gasteiger partial charge in [-0.15, -0.1) is 0 Å². The Morgan fingerprint density at radius 3 is 2.67 bits per heavy atom. The molecule has 0 saturated carbocycles. The third-order valence-corrected chi connectivity index (χ3v) is 2.50. The van der Waals surface area contributed by atoms with Gasteiger partial charge in [0.15, 0.2) is 0 Å². The van der Waals surface area contributed by atoms with Gasteiger partial charge in [0.25, 0.3) is 0 Å². The van der Waals surface area contributed by atoms with Crippen molar-refractivity contribution in [1.29, 1.82) is 0 Å². The molecular weight excluding hydrogens is 232 g/mol. The number of nitrogens with zero attached hydrogens (tertiary/aromatic N) is 1. The van der Waals surface area contributed by atoms with E-state index in [1.54, 1.807) is 7.11 Å². The van der Waals surface area contributed by atoms with Crippen molar-refractivity contribution in [3.63, 3.8) is 0 Å². The van der Waals surface area contributed by atoms with Crippen LogP contribution in [0.3, 0.4) is 0 Å². The molecule has 1 rings (SSSR count). The van der Waals surface area contributed by atoms with Crippen molar-refractivity contribution in [1.82, 2.24) is 4.98 Å². The highest BCUT2D eigenvalue weighted by atomic mass is 16.5. The second kappa shape index (κ2) is 8.85. The topological polar surface area (TPSA) is 66.6 Å². The lowest BCUT2D eigenvalue weighted by Crippen LogP contribution is -2.08. The highest BCUT2D eigenvalue weighted by Crippen LogP contribution is 2.11. The molecule has 1 aromatic heterocycles. The smallest absolute Gasteiger partial charge is 0.213 e. The molecule has 1 heterocycles. The van der Waals surface area contributed by atoms with Crippen LogP contribution in [0.15, 0.2) is 12.1 Å². The van der Waals surface area contributed by atoms with Crippen LogP contribution >= 0.6 is 0 Å². The Morgan fingerprint density at radius 2 is 2.00 bits per heavy atom. The molecule has 0 amide bonds. The Balaban J connectivity index is 2.17. The average Bonchev–Trinajstić information content (AvgIpc) is 2.38. The van der Waals surface area contributed by atoms with Crippen molar-refractivity contribution in [2.24, 2.45) is 5.73 Å². The fourth-order valence-electron chi connectivity index (χ4n) is 1.45. The van der Waals surface area contributed by atoms with Crippen molar-refractivity contribution >= 4 is 0 Å². The minimum Gasteiger partial charge on any atom is -0.478 e. The van der Waals surface area contributed by atoms with Crippen molar-refractivity contribution in [2.75, 3.05) is 33.5 Å². The van der Waals surface area contributed by atoms with Crippen LogP contribution in [0.1, 0.15) is 17.7 Å². The molecule has 0 radical (unpaired) electrons. The van der Waals surface area contributed by atoms with E-state index in [9.17, 15) is 0 Å². The molecule has 0 saturated heterocycles. The number of aromatic nitrogens is 1. The third kappa shape index (κ3) is 5.44. The normalized spacial score (nSPS) is 10.6. The van der Waals surface area contributed by atoms with Crippen LogP contribution in [-0.2, 0) is 16.0 Å². The van der Waals surface area contributed by atoms with Gasteiger partial charge in [0.05, 0.1) is 19.8 Å². The molecule has 0 bridgehead atoms. The monoisotopic (exact) mass is 254 g/mol. The number of rotatable bonds is 9. The van der Waals surface area contributed by atoms with E-state index < -0.39 is 0 Å². The Kier molecular flexibility index (Phi) is 7.32. The molecule has 18 heavy (non-hydrogen) atoms. The molecule has 0 aliphatic carbocycles. The molecule has 1 aromatic rings. The SMILES string of the molecule is COCCOCCCOc1ccc(CN)c(C)n1. The van der Waals surface area contributed by atoms with E-state index in [4.69, 9.17) is 19.9 Å². The fourth-order valence-corrected chi connectivity index (χ4v) is 1.45. The number of methoxy groups -OCH3 is 1. The van der Waals surface area contributed by atoms with Gasteiger partial charge in [-0.05, 0) is 12.5 Å². The Morgan fingerprint density at radius 1 is 1.17 bits per heavy atom. The number of pyridine rings is 1. The summed E-state index contributed by atoms with van der Waals surface area (Å²) in [5.74, 6) is 0.640. The summed E-state index contributed by atoms with van der Waals surface area (Å²) < 4.78 is 15.7. The van der Waals surface area contributed by atoms with Crippen molar-refractivity contribution in [3.8, 4) is 5.88 Å². The summed E-state index contributed by atoms with van der Waals surface area (Å²) in [4.78, 5) is 4.33.